The molecule has 1 heterocycles. The highest BCUT2D eigenvalue weighted by atomic mass is 32.2. The first kappa shape index (κ1) is 16.9. The summed E-state index contributed by atoms with van der Waals surface area (Å²) in [7, 11) is 4.32. The van der Waals surface area contributed by atoms with E-state index in [0.29, 0.717) is 0 Å². The van der Waals surface area contributed by atoms with Crippen molar-refractivity contribution in [3.63, 3.8) is 0 Å². The van der Waals surface area contributed by atoms with Crippen LogP contribution < -0.4 is 5.32 Å². The Labute approximate surface area is 134 Å². The van der Waals surface area contributed by atoms with Crippen LogP contribution in [0.15, 0.2) is 0 Å². The Bertz CT molecular complexity index is 342. The molecular weight excluding hydrogens is 282 g/mol. The molecular formula is C16H31N3OS. The van der Waals surface area contributed by atoms with Crippen LogP contribution in [0.1, 0.15) is 39.0 Å². The molecule has 2 amide bonds. The van der Waals surface area contributed by atoms with E-state index in [1.54, 1.807) is 0 Å². The van der Waals surface area contributed by atoms with Gasteiger partial charge in [-0.2, -0.15) is 11.8 Å². The molecule has 0 radical (unpaired) electrons. The molecule has 0 aromatic heterocycles. The number of hydrogen-bond acceptors (Lipinski definition) is 3. The molecule has 1 N–H and O–H groups in total. The van der Waals surface area contributed by atoms with Crippen molar-refractivity contribution < 1.29 is 4.79 Å². The van der Waals surface area contributed by atoms with Gasteiger partial charge in [-0.1, -0.05) is 19.8 Å². The summed E-state index contributed by atoms with van der Waals surface area (Å²) in [5, 5.41) is 3.23. The molecule has 4 nitrogen and oxygen atoms in total. The maximum atomic E-state index is 12.4. The van der Waals surface area contributed by atoms with Gasteiger partial charge in [-0.15, -0.1) is 0 Å². The normalized spacial score (nSPS) is 31.0. The molecule has 1 saturated carbocycles. The quantitative estimate of drug-likeness (QED) is 0.870. The van der Waals surface area contributed by atoms with Crippen LogP contribution in [0.25, 0.3) is 0 Å². The van der Waals surface area contributed by atoms with E-state index in [0.717, 1.165) is 37.7 Å². The van der Waals surface area contributed by atoms with Gasteiger partial charge in [0, 0.05) is 30.9 Å². The number of thioether (sulfide) groups is 1. The van der Waals surface area contributed by atoms with Crippen LogP contribution >= 0.6 is 11.8 Å². The summed E-state index contributed by atoms with van der Waals surface area (Å²) in [5.74, 6) is 3.01. The zero-order valence-electron chi connectivity index (χ0n) is 13.9. The van der Waals surface area contributed by atoms with Crippen LogP contribution in [-0.4, -0.2) is 66.6 Å². The van der Waals surface area contributed by atoms with Gasteiger partial charge in [0.25, 0.3) is 0 Å². The molecule has 21 heavy (non-hydrogen) atoms. The van der Waals surface area contributed by atoms with Gasteiger partial charge in [0.1, 0.15) is 0 Å². The predicted octanol–water partition coefficient (Wildman–Crippen LogP) is 2.65. The maximum Gasteiger partial charge on any atom is 0.317 e. The molecule has 1 aliphatic heterocycles. The van der Waals surface area contributed by atoms with E-state index in [1.807, 2.05) is 16.7 Å². The molecule has 2 unspecified atom stereocenters. The first-order valence-corrected chi connectivity index (χ1v) is 9.47. The van der Waals surface area contributed by atoms with Crippen LogP contribution in [0.2, 0.25) is 0 Å². The van der Waals surface area contributed by atoms with E-state index in [9.17, 15) is 4.79 Å². The minimum Gasteiger partial charge on any atom is -0.336 e. The lowest BCUT2D eigenvalue weighted by molar-refractivity contribution is 0.0755. The van der Waals surface area contributed by atoms with Crippen LogP contribution in [0, 0.1) is 5.92 Å². The van der Waals surface area contributed by atoms with Crippen molar-refractivity contribution >= 4 is 17.8 Å². The molecule has 1 aliphatic carbocycles. The maximum absolute atomic E-state index is 12.4. The van der Waals surface area contributed by atoms with Gasteiger partial charge in [0.15, 0.2) is 0 Å². The summed E-state index contributed by atoms with van der Waals surface area (Å²) in [6.45, 7) is 4.92. The summed E-state index contributed by atoms with van der Waals surface area (Å²) in [5.41, 5.74) is 0.147. The molecule has 0 spiro atoms. The summed E-state index contributed by atoms with van der Waals surface area (Å²) < 4.78 is 0. The smallest absolute Gasteiger partial charge is 0.317 e. The third-order valence-electron chi connectivity index (χ3n) is 5.09. The molecule has 1 saturated heterocycles. The minimum absolute atomic E-state index is 0.136. The van der Waals surface area contributed by atoms with Crippen molar-refractivity contribution in [1.29, 1.82) is 0 Å². The Morgan fingerprint density at radius 2 is 2.14 bits per heavy atom. The Hall–Kier alpha value is -0.420. The highest BCUT2D eigenvalue weighted by molar-refractivity contribution is 7.99. The average molecular weight is 314 g/mol. The molecule has 2 fully saturated rings. The molecule has 0 aromatic carbocycles. The summed E-state index contributed by atoms with van der Waals surface area (Å²) in [6, 6.07) is 0.136. The van der Waals surface area contributed by atoms with Gasteiger partial charge in [-0.05, 0) is 45.0 Å². The molecule has 0 aromatic rings. The fourth-order valence-corrected chi connectivity index (χ4v) is 4.55. The molecule has 2 aliphatic rings. The van der Waals surface area contributed by atoms with Crippen molar-refractivity contribution in [3.05, 3.63) is 0 Å². The number of urea groups is 1. The second kappa shape index (κ2) is 7.73. The standard InChI is InChI=1S/C16H31N3OS/c1-14-6-4-7-16(12-14,18(2)3)13-17-15(20)19-8-5-10-21-11-9-19/h14H,4-13H2,1-3H3,(H,17,20). The monoisotopic (exact) mass is 313 g/mol. The number of amides is 2. The number of rotatable bonds is 3. The molecule has 2 atom stereocenters. The lowest BCUT2D eigenvalue weighted by atomic mass is 9.75. The van der Waals surface area contributed by atoms with Crippen molar-refractivity contribution in [3.8, 4) is 0 Å². The lowest BCUT2D eigenvalue weighted by Crippen LogP contribution is -2.56. The second-order valence-corrected chi connectivity index (χ2v) is 8.16. The Morgan fingerprint density at radius 1 is 1.33 bits per heavy atom. The van der Waals surface area contributed by atoms with Gasteiger partial charge in [-0.3, -0.25) is 0 Å². The first-order chi connectivity index (χ1) is 10.0. The number of carbonyl (C=O) groups is 1. The van der Waals surface area contributed by atoms with Gasteiger partial charge in [-0.25, -0.2) is 4.79 Å². The minimum atomic E-state index is 0.136. The first-order valence-electron chi connectivity index (χ1n) is 8.31. The molecule has 0 bridgehead atoms. The zero-order chi connectivity index (χ0) is 15.3. The third-order valence-corrected chi connectivity index (χ3v) is 6.14. The fraction of sp³-hybridized carbons (Fsp3) is 0.938. The van der Waals surface area contributed by atoms with Gasteiger partial charge in [0.05, 0.1) is 0 Å². The van der Waals surface area contributed by atoms with Crippen LogP contribution in [0.4, 0.5) is 4.79 Å². The highest BCUT2D eigenvalue weighted by Gasteiger charge is 2.37. The number of nitrogens with zero attached hydrogens (tertiary/aromatic N) is 2. The van der Waals surface area contributed by atoms with Gasteiger partial charge < -0.3 is 15.1 Å². The molecule has 122 valence electrons. The van der Waals surface area contributed by atoms with Crippen molar-refractivity contribution in [2.75, 3.05) is 45.2 Å². The Balaban J connectivity index is 1.90. The zero-order valence-corrected chi connectivity index (χ0v) is 14.7. The van der Waals surface area contributed by atoms with Crippen LogP contribution in [-0.2, 0) is 0 Å². The van der Waals surface area contributed by atoms with E-state index < -0.39 is 0 Å². The van der Waals surface area contributed by atoms with Crippen molar-refractivity contribution in [1.82, 2.24) is 15.1 Å². The summed E-state index contributed by atoms with van der Waals surface area (Å²) in [4.78, 5) is 16.8. The number of carbonyl (C=O) groups excluding carboxylic acids is 1. The number of hydrogen-bond donors (Lipinski definition) is 1. The Kier molecular flexibility index (Phi) is 6.23. The summed E-state index contributed by atoms with van der Waals surface area (Å²) >= 11 is 1.96. The Morgan fingerprint density at radius 3 is 2.86 bits per heavy atom. The van der Waals surface area contributed by atoms with Crippen molar-refractivity contribution in [2.24, 2.45) is 5.92 Å². The van der Waals surface area contributed by atoms with E-state index in [2.05, 4.69) is 31.2 Å². The van der Waals surface area contributed by atoms with Gasteiger partial charge >= 0.3 is 6.03 Å². The lowest BCUT2D eigenvalue weighted by Gasteiger charge is -2.45. The fourth-order valence-electron chi connectivity index (χ4n) is 3.66. The van der Waals surface area contributed by atoms with Crippen molar-refractivity contribution in [2.45, 2.75) is 44.6 Å². The van der Waals surface area contributed by atoms with Crippen LogP contribution in [0.3, 0.4) is 0 Å². The van der Waals surface area contributed by atoms with E-state index >= 15 is 0 Å². The average Bonchev–Trinajstić information content (AvgIpc) is 2.73. The van der Waals surface area contributed by atoms with E-state index in [-0.39, 0.29) is 11.6 Å². The topological polar surface area (TPSA) is 35.6 Å². The van der Waals surface area contributed by atoms with E-state index in [4.69, 9.17) is 0 Å². The SMILES string of the molecule is CC1CCCC(CNC(=O)N2CCCSCC2)(N(C)C)C1. The summed E-state index contributed by atoms with van der Waals surface area (Å²) in [6.07, 6.45) is 6.10. The second-order valence-electron chi connectivity index (χ2n) is 6.93. The largest absolute Gasteiger partial charge is 0.336 e. The number of nitrogens with one attached hydrogen (secondary N) is 1. The number of likely N-dealkylation sites (N-methyl/N-ethyl adjacent to an activating group) is 1. The van der Waals surface area contributed by atoms with E-state index in [1.165, 1.54) is 31.4 Å². The predicted molar refractivity (Wildman–Crippen MR) is 91.0 cm³/mol. The highest BCUT2D eigenvalue weighted by Crippen LogP contribution is 2.35. The van der Waals surface area contributed by atoms with Crippen LogP contribution in [0.5, 0.6) is 0 Å². The molecule has 5 heteroatoms. The van der Waals surface area contributed by atoms with Gasteiger partial charge in [0.2, 0.25) is 0 Å². The molecule has 2 rings (SSSR count). The third kappa shape index (κ3) is 4.52.